The van der Waals surface area contributed by atoms with E-state index in [9.17, 15) is 0 Å². The number of fused-ring (bicyclic) bond motifs is 9. The zero-order valence-electron chi connectivity index (χ0n) is 43.4. The molecule has 2 heterocycles. The van der Waals surface area contributed by atoms with Gasteiger partial charge in [-0.1, -0.05) is 208 Å². The van der Waals surface area contributed by atoms with Gasteiger partial charge in [-0.3, -0.25) is 0 Å². The maximum Gasteiger partial charge on any atom is 0.143 e. The molecule has 15 rings (SSSR count). The van der Waals surface area contributed by atoms with Crippen LogP contribution in [0.25, 0.3) is 116 Å². The van der Waals surface area contributed by atoms with Gasteiger partial charge < -0.3 is 13.9 Å². The Morgan fingerprint density at radius 2 is 0.744 bits per heavy atom. The molecule has 0 saturated carbocycles. The standard InChI is InChI=1S/C75H52N2O/c1-75(2)69-47-57(33-41-63(69)64-42-40-61(48-70(64)75)76(59-36-29-51(30-37-59)49-15-6-3-7-16-49)60-38-31-52(32-39-60)50-17-8-4-9-18-50)56-35-44-72-68(46-56)67-45-55(34-43-71(67)77(72)58-19-10-5-11-20-58)53-25-27-54(28-26-53)62-22-14-23-66-65-21-12-13-24-73(65)78-74(62)66/h3-48H,1-2H3. The van der Waals surface area contributed by atoms with Gasteiger partial charge >= 0.3 is 0 Å². The van der Waals surface area contributed by atoms with Gasteiger partial charge in [0.15, 0.2) is 0 Å². The van der Waals surface area contributed by atoms with E-state index in [1.165, 1.54) is 88.6 Å². The molecule has 3 nitrogen and oxygen atoms in total. The number of hydrogen-bond acceptors (Lipinski definition) is 2. The first-order chi connectivity index (χ1) is 38.4. The maximum atomic E-state index is 6.43. The average Bonchev–Trinajstić information content (AvgIpc) is 4.32. The molecule has 0 N–H and O–H groups in total. The third-order valence-corrected chi connectivity index (χ3v) is 16.4. The summed E-state index contributed by atoms with van der Waals surface area (Å²) >= 11 is 0. The Kier molecular flexibility index (Phi) is 10.6. The van der Waals surface area contributed by atoms with Crippen LogP contribution >= 0.6 is 0 Å². The van der Waals surface area contributed by atoms with Crippen molar-refractivity contribution in [2.75, 3.05) is 4.90 Å². The van der Waals surface area contributed by atoms with E-state index in [1.807, 2.05) is 12.1 Å². The normalized spacial score (nSPS) is 12.6. The number of para-hydroxylation sites is 3. The van der Waals surface area contributed by atoms with Gasteiger partial charge in [0.2, 0.25) is 0 Å². The number of furan rings is 1. The zero-order chi connectivity index (χ0) is 51.9. The summed E-state index contributed by atoms with van der Waals surface area (Å²) in [5, 5.41) is 4.73. The monoisotopic (exact) mass is 996 g/mol. The predicted octanol–water partition coefficient (Wildman–Crippen LogP) is 20.8. The molecule has 1 aliphatic rings. The van der Waals surface area contributed by atoms with Gasteiger partial charge in [0.25, 0.3) is 0 Å². The lowest BCUT2D eigenvalue weighted by Gasteiger charge is -2.28. The number of nitrogens with zero attached hydrogens (tertiary/aromatic N) is 2. The smallest absolute Gasteiger partial charge is 0.143 e. The van der Waals surface area contributed by atoms with Crippen LogP contribution in [0.1, 0.15) is 25.0 Å². The Balaban J connectivity index is 0.792. The van der Waals surface area contributed by atoms with Gasteiger partial charge in [-0.05, 0) is 157 Å². The van der Waals surface area contributed by atoms with E-state index >= 15 is 0 Å². The summed E-state index contributed by atoms with van der Waals surface area (Å²) in [6, 6.07) is 102. The molecule has 2 aromatic heterocycles. The molecule has 0 aliphatic heterocycles. The molecule has 0 bridgehead atoms. The molecule has 0 amide bonds. The Hall–Kier alpha value is -9.96. The minimum absolute atomic E-state index is 0.257. The molecule has 14 aromatic rings. The lowest BCUT2D eigenvalue weighted by molar-refractivity contribution is 0.660. The van der Waals surface area contributed by atoms with Crippen molar-refractivity contribution in [2.45, 2.75) is 19.3 Å². The lowest BCUT2D eigenvalue weighted by Crippen LogP contribution is -2.16. The van der Waals surface area contributed by atoms with Crippen LogP contribution in [0.2, 0.25) is 0 Å². The first-order valence-electron chi connectivity index (χ1n) is 27.0. The van der Waals surface area contributed by atoms with Crippen molar-refractivity contribution >= 4 is 60.8 Å². The fourth-order valence-corrected chi connectivity index (χ4v) is 12.4. The van der Waals surface area contributed by atoms with Crippen LogP contribution in [0.5, 0.6) is 0 Å². The van der Waals surface area contributed by atoms with Crippen molar-refractivity contribution in [3.63, 3.8) is 0 Å². The summed E-state index contributed by atoms with van der Waals surface area (Å²) in [6.45, 7) is 4.78. The predicted molar refractivity (Wildman–Crippen MR) is 327 cm³/mol. The van der Waals surface area contributed by atoms with Crippen LogP contribution in [0.4, 0.5) is 17.1 Å². The first-order valence-corrected chi connectivity index (χ1v) is 27.0. The summed E-state index contributed by atoms with van der Waals surface area (Å²) in [7, 11) is 0. The maximum absolute atomic E-state index is 6.43. The molecule has 78 heavy (non-hydrogen) atoms. The number of hydrogen-bond donors (Lipinski definition) is 0. The van der Waals surface area contributed by atoms with E-state index in [2.05, 4.69) is 290 Å². The molecule has 3 heteroatoms. The highest BCUT2D eigenvalue weighted by Crippen LogP contribution is 2.52. The summed E-state index contributed by atoms with van der Waals surface area (Å²) in [6.07, 6.45) is 0. The van der Waals surface area contributed by atoms with Crippen molar-refractivity contribution in [2.24, 2.45) is 0 Å². The minimum atomic E-state index is -0.257. The quantitative estimate of drug-likeness (QED) is 0.144. The average molecular weight is 997 g/mol. The topological polar surface area (TPSA) is 21.3 Å². The molecule has 12 aromatic carbocycles. The van der Waals surface area contributed by atoms with Gasteiger partial charge in [-0.2, -0.15) is 0 Å². The molecular weight excluding hydrogens is 945 g/mol. The largest absolute Gasteiger partial charge is 0.455 e. The van der Waals surface area contributed by atoms with Gasteiger partial charge in [0.1, 0.15) is 11.2 Å². The van der Waals surface area contributed by atoms with E-state index in [1.54, 1.807) is 0 Å². The summed E-state index contributed by atoms with van der Waals surface area (Å²) in [5.74, 6) is 0. The van der Waals surface area contributed by atoms with Gasteiger partial charge in [-0.15, -0.1) is 0 Å². The van der Waals surface area contributed by atoms with Crippen molar-refractivity contribution in [3.8, 4) is 72.4 Å². The Morgan fingerprint density at radius 1 is 0.308 bits per heavy atom. The van der Waals surface area contributed by atoms with Crippen LogP contribution in [-0.2, 0) is 5.41 Å². The molecule has 368 valence electrons. The first kappa shape index (κ1) is 45.4. The third kappa shape index (κ3) is 7.50. The second-order valence-corrected chi connectivity index (χ2v) is 21.3. The number of benzene rings is 12. The van der Waals surface area contributed by atoms with Crippen LogP contribution in [0, 0.1) is 0 Å². The van der Waals surface area contributed by atoms with Crippen LogP contribution in [0.3, 0.4) is 0 Å². The highest BCUT2D eigenvalue weighted by molar-refractivity contribution is 6.12. The summed E-state index contributed by atoms with van der Waals surface area (Å²) < 4.78 is 8.84. The molecule has 0 fully saturated rings. The second-order valence-electron chi connectivity index (χ2n) is 21.3. The Morgan fingerprint density at radius 3 is 1.37 bits per heavy atom. The van der Waals surface area contributed by atoms with E-state index in [-0.39, 0.29) is 5.41 Å². The third-order valence-electron chi connectivity index (χ3n) is 16.4. The van der Waals surface area contributed by atoms with Crippen molar-refractivity contribution in [1.29, 1.82) is 0 Å². The fourth-order valence-electron chi connectivity index (χ4n) is 12.4. The zero-order valence-corrected chi connectivity index (χ0v) is 43.4. The second kappa shape index (κ2) is 18.1. The van der Waals surface area contributed by atoms with Crippen LogP contribution in [0.15, 0.2) is 283 Å². The minimum Gasteiger partial charge on any atom is -0.455 e. The van der Waals surface area contributed by atoms with Crippen molar-refractivity contribution < 1.29 is 4.42 Å². The van der Waals surface area contributed by atoms with E-state index in [0.29, 0.717) is 0 Å². The van der Waals surface area contributed by atoms with Crippen molar-refractivity contribution in [1.82, 2.24) is 4.57 Å². The van der Waals surface area contributed by atoms with Crippen LogP contribution < -0.4 is 4.90 Å². The molecule has 0 saturated heterocycles. The Labute approximate surface area is 454 Å². The van der Waals surface area contributed by atoms with Gasteiger partial charge in [0.05, 0.1) is 11.0 Å². The lowest BCUT2D eigenvalue weighted by atomic mass is 9.81. The molecular formula is C75H52N2O. The fraction of sp³-hybridized carbons (Fsp3) is 0.0400. The summed E-state index contributed by atoms with van der Waals surface area (Å²) in [5.41, 5.74) is 25.5. The molecule has 0 unspecified atom stereocenters. The summed E-state index contributed by atoms with van der Waals surface area (Å²) in [4.78, 5) is 2.40. The molecule has 0 spiro atoms. The van der Waals surface area contributed by atoms with E-state index in [4.69, 9.17) is 4.42 Å². The van der Waals surface area contributed by atoms with Crippen LogP contribution in [-0.4, -0.2) is 4.57 Å². The SMILES string of the molecule is CC1(C)c2cc(-c3ccc4c(c3)c3cc(-c5ccc(-c6cccc7c6oc6ccccc67)cc5)ccc3n4-c3ccccc3)ccc2-c2ccc(N(c3ccc(-c4ccccc4)cc3)c3ccc(-c4ccccc4)cc3)cc21. The molecule has 0 atom stereocenters. The van der Waals surface area contributed by atoms with E-state index < -0.39 is 0 Å². The molecule has 1 aliphatic carbocycles. The number of aromatic nitrogens is 1. The van der Waals surface area contributed by atoms with Crippen molar-refractivity contribution in [3.05, 3.63) is 290 Å². The van der Waals surface area contributed by atoms with E-state index in [0.717, 1.165) is 55.8 Å². The van der Waals surface area contributed by atoms with Gasteiger partial charge in [0, 0.05) is 55.3 Å². The number of rotatable bonds is 9. The highest BCUT2D eigenvalue weighted by Gasteiger charge is 2.36. The highest BCUT2D eigenvalue weighted by atomic mass is 16.3. The number of anilines is 3. The molecule has 0 radical (unpaired) electrons. The Bertz CT molecular complexity index is 4500. The van der Waals surface area contributed by atoms with Gasteiger partial charge in [-0.25, -0.2) is 0 Å².